The molecule has 0 aromatic carbocycles. The molecule has 0 bridgehead atoms. The summed E-state index contributed by atoms with van der Waals surface area (Å²) in [6.07, 6.45) is -5.11. The third-order valence-electron chi connectivity index (χ3n) is 0.273. The summed E-state index contributed by atoms with van der Waals surface area (Å²) < 4.78 is 32.4. The molecule has 1 radical (unpaired) electrons. The molecule has 0 amide bonds. The second-order valence-corrected chi connectivity index (χ2v) is 0.936. The number of alkyl halides is 3. The van der Waals surface area contributed by atoms with Crippen LogP contribution in [0.15, 0.2) is 0 Å². The maximum Gasteiger partial charge on any atom is 0.396 e. The van der Waals surface area contributed by atoms with E-state index in [4.69, 9.17) is 4.79 Å². The molecule has 0 aromatic rings. The van der Waals surface area contributed by atoms with Gasteiger partial charge in [0.1, 0.15) is 6.42 Å². The van der Waals surface area contributed by atoms with Crippen LogP contribution in [-0.2, 0) is 4.79 Å². The number of carbonyl (C=O) groups excluding carboxylic acids is 1. The Morgan fingerprint density at radius 2 is 1.86 bits per heavy atom. The zero-order valence-corrected chi connectivity index (χ0v) is 3.25. The normalized spacial score (nSPS) is 11.3. The molecule has 0 rings (SSSR count). The molecule has 0 unspecified atom stereocenters. The molecule has 0 aliphatic rings. The van der Waals surface area contributed by atoms with Gasteiger partial charge in [0.25, 0.3) is 0 Å². The molecule has 1 nitrogen and oxygen atoms in total. The molecule has 0 N–H and O–H groups in total. The van der Waals surface area contributed by atoms with Crippen LogP contribution in [0, 0.1) is 0 Å². The molecule has 0 saturated carbocycles. The van der Waals surface area contributed by atoms with E-state index < -0.39 is 12.6 Å². The molecule has 7 heavy (non-hydrogen) atoms. The maximum absolute atomic E-state index is 10.8. The van der Waals surface area contributed by atoms with E-state index in [0.717, 1.165) is 6.29 Å². The number of hydrogen-bond acceptors (Lipinski definition) is 1. The highest BCUT2D eigenvalue weighted by Crippen LogP contribution is 2.16. The fourth-order valence-electron chi connectivity index (χ4n) is 0.0818. The van der Waals surface area contributed by atoms with Crippen LogP contribution in [0.1, 0.15) is 6.42 Å². The summed E-state index contributed by atoms with van der Waals surface area (Å²) in [5, 5.41) is 0. The Balaban J connectivity index is 3.34. The summed E-state index contributed by atoms with van der Waals surface area (Å²) in [4.78, 5) is 8.98. The first-order valence-electron chi connectivity index (χ1n) is 1.48. The molecule has 0 fully saturated rings. The van der Waals surface area contributed by atoms with Gasteiger partial charge in [-0.2, -0.15) is 13.2 Å². The minimum atomic E-state index is -4.37. The van der Waals surface area contributed by atoms with Crippen molar-refractivity contribution in [1.82, 2.24) is 0 Å². The van der Waals surface area contributed by atoms with E-state index in [0.29, 0.717) is 0 Å². The maximum atomic E-state index is 10.8. The van der Waals surface area contributed by atoms with Crippen molar-refractivity contribution in [3.05, 3.63) is 0 Å². The zero-order chi connectivity index (χ0) is 5.91. The highest BCUT2D eigenvalue weighted by molar-refractivity contribution is 5.51. The second kappa shape index (κ2) is 1.95. The van der Waals surface area contributed by atoms with Crippen LogP contribution in [-0.4, -0.2) is 12.5 Å². The van der Waals surface area contributed by atoms with Crippen molar-refractivity contribution in [1.29, 1.82) is 0 Å². The predicted octanol–water partition coefficient (Wildman–Crippen LogP) is 1.05. The van der Waals surface area contributed by atoms with Crippen molar-refractivity contribution in [2.45, 2.75) is 12.6 Å². The van der Waals surface area contributed by atoms with Gasteiger partial charge in [-0.3, -0.25) is 4.79 Å². The molecular formula is C3H2F3O. The van der Waals surface area contributed by atoms with Gasteiger partial charge in [0.05, 0.1) is 0 Å². The van der Waals surface area contributed by atoms with Crippen molar-refractivity contribution in [3.8, 4) is 0 Å². The number of rotatable bonds is 1. The number of halogens is 3. The van der Waals surface area contributed by atoms with Crippen LogP contribution in [0.3, 0.4) is 0 Å². The van der Waals surface area contributed by atoms with Crippen LogP contribution in [0.25, 0.3) is 0 Å². The average Bonchev–Trinajstić information content (AvgIpc) is 1.30. The summed E-state index contributed by atoms with van der Waals surface area (Å²) in [7, 11) is 0. The van der Waals surface area contributed by atoms with Crippen LogP contribution < -0.4 is 0 Å². The molecule has 4 heteroatoms. The van der Waals surface area contributed by atoms with E-state index in [1.54, 1.807) is 0 Å². The topological polar surface area (TPSA) is 17.1 Å². The van der Waals surface area contributed by atoms with E-state index in [9.17, 15) is 13.2 Å². The van der Waals surface area contributed by atoms with Crippen LogP contribution in [0.5, 0.6) is 0 Å². The molecular weight excluding hydrogens is 109 g/mol. The van der Waals surface area contributed by atoms with Gasteiger partial charge in [-0.15, -0.1) is 0 Å². The smallest absolute Gasteiger partial charge is 0.291 e. The third-order valence-corrected chi connectivity index (χ3v) is 0.273. The predicted molar refractivity (Wildman–Crippen MR) is 16.4 cm³/mol. The monoisotopic (exact) mass is 111 g/mol. The van der Waals surface area contributed by atoms with Crippen molar-refractivity contribution >= 4 is 6.29 Å². The van der Waals surface area contributed by atoms with Crippen molar-refractivity contribution < 1.29 is 18.0 Å². The molecule has 0 spiro atoms. The standard InChI is InChI=1S/C3H2F3O/c4-3(5,6)1-2-7/h1H2. The van der Waals surface area contributed by atoms with E-state index >= 15 is 0 Å². The molecule has 0 aromatic heterocycles. The summed E-state index contributed by atoms with van der Waals surface area (Å²) in [6, 6.07) is 0. The Labute approximate surface area is 38.1 Å². The summed E-state index contributed by atoms with van der Waals surface area (Å²) >= 11 is 0. The first kappa shape index (κ1) is 6.46. The van der Waals surface area contributed by atoms with Gasteiger partial charge in [0, 0.05) is 0 Å². The Morgan fingerprint density at radius 3 is 1.86 bits per heavy atom. The van der Waals surface area contributed by atoms with Crippen LogP contribution in [0.2, 0.25) is 0 Å². The first-order valence-corrected chi connectivity index (χ1v) is 1.48. The van der Waals surface area contributed by atoms with E-state index in [1.165, 1.54) is 0 Å². The molecule has 0 heterocycles. The minimum Gasteiger partial charge on any atom is -0.291 e. The summed E-state index contributed by atoms with van der Waals surface area (Å²) in [5.74, 6) is 0. The number of hydrogen-bond donors (Lipinski definition) is 0. The molecule has 0 aliphatic carbocycles. The van der Waals surface area contributed by atoms with Crippen LogP contribution in [0.4, 0.5) is 13.2 Å². The lowest BCUT2D eigenvalue weighted by Crippen LogP contribution is -2.06. The summed E-state index contributed by atoms with van der Waals surface area (Å²) in [6.45, 7) is 0. The average molecular weight is 111 g/mol. The largest absolute Gasteiger partial charge is 0.396 e. The SMILES string of the molecule is O=[C]CC(F)(F)F. The van der Waals surface area contributed by atoms with Gasteiger partial charge >= 0.3 is 6.18 Å². The quantitative estimate of drug-likeness (QED) is 0.494. The zero-order valence-electron chi connectivity index (χ0n) is 3.25. The van der Waals surface area contributed by atoms with E-state index in [1.807, 2.05) is 0 Å². The molecule has 41 valence electrons. The van der Waals surface area contributed by atoms with Crippen molar-refractivity contribution in [2.24, 2.45) is 0 Å². The van der Waals surface area contributed by atoms with Crippen LogP contribution >= 0.6 is 0 Å². The Bertz CT molecular complexity index is 65.1. The Morgan fingerprint density at radius 1 is 1.43 bits per heavy atom. The lowest BCUT2D eigenvalue weighted by atomic mass is 10.5. The Kier molecular flexibility index (Phi) is 1.80. The lowest BCUT2D eigenvalue weighted by Gasteiger charge is -1.95. The fourth-order valence-corrected chi connectivity index (χ4v) is 0.0818. The lowest BCUT2D eigenvalue weighted by molar-refractivity contribution is -0.121. The molecule has 0 saturated heterocycles. The highest BCUT2D eigenvalue weighted by Gasteiger charge is 2.26. The van der Waals surface area contributed by atoms with Gasteiger partial charge in [0.15, 0.2) is 0 Å². The summed E-state index contributed by atoms with van der Waals surface area (Å²) in [5.41, 5.74) is 0. The van der Waals surface area contributed by atoms with Gasteiger partial charge in [0.2, 0.25) is 6.29 Å². The fraction of sp³-hybridized carbons (Fsp3) is 0.667. The second-order valence-electron chi connectivity index (χ2n) is 0.936. The highest BCUT2D eigenvalue weighted by atomic mass is 19.4. The van der Waals surface area contributed by atoms with Crippen molar-refractivity contribution in [2.75, 3.05) is 0 Å². The van der Waals surface area contributed by atoms with Gasteiger partial charge in [-0.25, -0.2) is 0 Å². The molecule has 0 aliphatic heterocycles. The van der Waals surface area contributed by atoms with E-state index in [-0.39, 0.29) is 0 Å². The minimum absolute atomic E-state index is 0.733. The Hall–Kier alpha value is -0.540. The first-order chi connectivity index (χ1) is 3.06. The van der Waals surface area contributed by atoms with Gasteiger partial charge in [-0.05, 0) is 0 Å². The van der Waals surface area contributed by atoms with Gasteiger partial charge in [-0.1, -0.05) is 0 Å². The third kappa shape index (κ3) is 5.46. The van der Waals surface area contributed by atoms with E-state index in [2.05, 4.69) is 0 Å². The van der Waals surface area contributed by atoms with Gasteiger partial charge < -0.3 is 0 Å². The molecule has 0 atom stereocenters. The van der Waals surface area contributed by atoms with Crippen molar-refractivity contribution in [3.63, 3.8) is 0 Å².